The minimum absolute atomic E-state index is 0.114. The molecule has 3 N–H and O–H groups in total. The van der Waals surface area contributed by atoms with E-state index < -0.39 is 23.1 Å². The molecule has 0 spiro atoms. The van der Waals surface area contributed by atoms with Gasteiger partial charge in [0, 0.05) is 37.8 Å². The third kappa shape index (κ3) is 2.46. The lowest BCUT2D eigenvalue weighted by molar-refractivity contribution is -0.130. The van der Waals surface area contributed by atoms with E-state index in [1.807, 2.05) is 4.90 Å². The van der Waals surface area contributed by atoms with Crippen molar-refractivity contribution >= 4 is 5.91 Å². The Morgan fingerprint density at radius 3 is 2.53 bits per heavy atom. The van der Waals surface area contributed by atoms with E-state index in [2.05, 4.69) is 5.32 Å². The second kappa shape index (κ2) is 5.22. The van der Waals surface area contributed by atoms with Crippen molar-refractivity contribution in [2.75, 3.05) is 26.2 Å². The molecule has 104 valence electrons. The van der Waals surface area contributed by atoms with Crippen LogP contribution in [-0.4, -0.2) is 37.0 Å². The van der Waals surface area contributed by atoms with Crippen LogP contribution in [0.15, 0.2) is 18.2 Å². The third-order valence-electron chi connectivity index (χ3n) is 3.68. The maximum Gasteiger partial charge on any atom is 0.242 e. The average Bonchev–Trinajstić information content (AvgIpc) is 2.38. The monoisotopic (exact) mass is 269 g/mol. The Balaban J connectivity index is 2.46. The van der Waals surface area contributed by atoms with Crippen LogP contribution in [0.1, 0.15) is 12.5 Å². The maximum atomic E-state index is 14.0. The van der Waals surface area contributed by atoms with Crippen molar-refractivity contribution in [2.24, 2.45) is 5.73 Å². The number of primary amides is 1. The molecule has 1 aromatic carbocycles. The molecule has 1 atom stereocenters. The van der Waals surface area contributed by atoms with E-state index in [0.717, 1.165) is 12.1 Å². The second-order valence-corrected chi connectivity index (χ2v) is 4.80. The van der Waals surface area contributed by atoms with Gasteiger partial charge in [0.05, 0.1) is 0 Å². The number of halogens is 2. The number of rotatable bonds is 3. The minimum atomic E-state index is -1.26. The topological polar surface area (TPSA) is 58.4 Å². The number of hydrogen-bond donors (Lipinski definition) is 2. The zero-order chi connectivity index (χ0) is 14.0. The number of hydrogen-bond acceptors (Lipinski definition) is 3. The van der Waals surface area contributed by atoms with Gasteiger partial charge in [-0.25, -0.2) is 8.78 Å². The molecule has 0 saturated carbocycles. The first-order valence-electron chi connectivity index (χ1n) is 6.17. The van der Waals surface area contributed by atoms with E-state index in [-0.39, 0.29) is 5.56 Å². The summed E-state index contributed by atoms with van der Waals surface area (Å²) in [5.74, 6) is -2.06. The number of carbonyl (C=O) groups excluding carboxylic acids is 1. The van der Waals surface area contributed by atoms with Crippen molar-refractivity contribution in [1.82, 2.24) is 10.2 Å². The summed E-state index contributed by atoms with van der Waals surface area (Å²) in [6.45, 7) is 4.14. The molecule has 1 fully saturated rings. The van der Waals surface area contributed by atoms with Crippen LogP contribution in [0.2, 0.25) is 0 Å². The van der Waals surface area contributed by atoms with Gasteiger partial charge >= 0.3 is 0 Å². The Kier molecular flexibility index (Phi) is 3.82. The van der Waals surface area contributed by atoms with Gasteiger partial charge < -0.3 is 11.1 Å². The Morgan fingerprint density at radius 1 is 1.37 bits per heavy atom. The van der Waals surface area contributed by atoms with Gasteiger partial charge in [-0.05, 0) is 13.0 Å². The summed E-state index contributed by atoms with van der Waals surface area (Å²) in [4.78, 5) is 13.7. The molecule has 0 bridgehead atoms. The highest BCUT2D eigenvalue weighted by molar-refractivity contribution is 5.85. The Labute approximate surface area is 110 Å². The SMILES string of the molecule is CC(C(N)=O)(c1ccc(F)cc1F)N1CCNCC1. The van der Waals surface area contributed by atoms with Gasteiger partial charge in [0.1, 0.15) is 17.2 Å². The fraction of sp³-hybridized carbons (Fsp3) is 0.462. The molecule has 1 amide bonds. The summed E-state index contributed by atoms with van der Waals surface area (Å²) in [5.41, 5.74) is 4.33. The highest BCUT2D eigenvalue weighted by atomic mass is 19.1. The molecule has 4 nitrogen and oxygen atoms in total. The first-order valence-corrected chi connectivity index (χ1v) is 6.17. The van der Waals surface area contributed by atoms with E-state index in [1.54, 1.807) is 6.92 Å². The van der Waals surface area contributed by atoms with Crippen molar-refractivity contribution in [2.45, 2.75) is 12.5 Å². The van der Waals surface area contributed by atoms with Crippen LogP contribution in [0.25, 0.3) is 0 Å². The number of nitrogens with two attached hydrogens (primary N) is 1. The fourth-order valence-electron chi connectivity index (χ4n) is 2.46. The van der Waals surface area contributed by atoms with Crippen molar-refractivity contribution in [3.8, 4) is 0 Å². The number of benzene rings is 1. The van der Waals surface area contributed by atoms with Gasteiger partial charge in [-0.15, -0.1) is 0 Å². The van der Waals surface area contributed by atoms with Gasteiger partial charge in [-0.2, -0.15) is 0 Å². The number of piperazine rings is 1. The molecular weight excluding hydrogens is 252 g/mol. The standard InChI is InChI=1S/C13H17F2N3O/c1-13(12(16)19,18-6-4-17-5-7-18)10-3-2-9(14)8-11(10)15/h2-3,8,17H,4-7H2,1H3,(H2,16,19). The average molecular weight is 269 g/mol. The van der Waals surface area contributed by atoms with Crippen LogP contribution in [-0.2, 0) is 10.3 Å². The van der Waals surface area contributed by atoms with E-state index in [1.165, 1.54) is 6.07 Å². The summed E-state index contributed by atoms with van der Waals surface area (Å²) in [7, 11) is 0. The predicted molar refractivity (Wildman–Crippen MR) is 67.3 cm³/mol. The van der Waals surface area contributed by atoms with Gasteiger partial charge in [0.25, 0.3) is 0 Å². The van der Waals surface area contributed by atoms with Gasteiger partial charge in [0.2, 0.25) is 5.91 Å². The van der Waals surface area contributed by atoms with E-state index in [0.29, 0.717) is 26.2 Å². The number of nitrogens with one attached hydrogen (secondary N) is 1. The maximum absolute atomic E-state index is 14.0. The van der Waals surface area contributed by atoms with E-state index in [9.17, 15) is 13.6 Å². The molecule has 1 unspecified atom stereocenters. The van der Waals surface area contributed by atoms with E-state index in [4.69, 9.17) is 5.73 Å². The van der Waals surface area contributed by atoms with Gasteiger partial charge in [0.15, 0.2) is 0 Å². The Morgan fingerprint density at radius 2 is 2.00 bits per heavy atom. The summed E-state index contributed by atoms with van der Waals surface area (Å²) in [6.07, 6.45) is 0. The quantitative estimate of drug-likeness (QED) is 0.843. The van der Waals surface area contributed by atoms with Crippen LogP contribution < -0.4 is 11.1 Å². The molecule has 1 heterocycles. The summed E-state index contributed by atoms with van der Waals surface area (Å²) >= 11 is 0. The lowest BCUT2D eigenvalue weighted by atomic mass is 9.88. The number of amides is 1. The third-order valence-corrected chi connectivity index (χ3v) is 3.68. The predicted octanol–water partition coefficient (Wildman–Crippen LogP) is 0.571. The van der Waals surface area contributed by atoms with Gasteiger partial charge in [-0.1, -0.05) is 6.07 Å². The molecule has 1 saturated heterocycles. The summed E-state index contributed by atoms with van der Waals surface area (Å²) in [6, 6.07) is 3.21. The van der Waals surface area contributed by atoms with Crippen molar-refractivity contribution < 1.29 is 13.6 Å². The first kappa shape index (κ1) is 13.9. The molecule has 0 radical (unpaired) electrons. The molecule has 19 heavy (non-hydrogen) atoms. The first-order chi connectivity index (χ1) is 8.96. The Hall–Kier alpha value is -1.53. The zero-order valence-corrected chi connectivity index (χ0v) is 10.7. The van der Waals surface area contributed by atoms with Crippen LogP contribution >= 0.6 is 0 Å². The van der Waals surface area contributed by atoms with Crippen LogP contribution in [0.4, 0.5) is 8.78 Å². The summed E-state index contributed by atoms with van der Waals surface area (Å²) < 4.78 is 27.0. The highest BCUT2D eigenvalue weighted by Crippen LogP contribution is 2.30. The van der Waals surface area contributed by atoms with Crippen LogP contribution in [0.5, 0.6) is 0 Å². The molecule has 2 rings (SSSR count). The van der Waals surface area contributed by atoms with Crippen molar-refractivity contribution in [3.05, 3.63) is 35.4 Å². The molecule has 1 aliphatic heterocycles. The van der Waals surface area contributed by atoms with Crippen LogP contribution in [0.3, 0.4) is 0 Å². The van der Waals surface area contributed by atoms with Crippen LogP contribution in [0, 0.1) is 11.6 Å². The molecular formula is C13H17F2N3O. The minimum Gasteiger partial charge on any atom is -0.368 e. The molecule has 1 aromatic rings. The highest BCUT2D eigenvalue weighted by Gasteiger charge is 2.41. The van der Waals surface area contributed by atoms with Crippen molar-refractivity contribution in [1.29, 1.82) is 0 Å². The van der Waals surface area contributed by atoms with E-state index >= 15 is 0 Å². The number of carbonyl (C=O) groups is 1. The zero-order valence-electron chi connectivity index (χ0n) is 10.7. The normalized spacial score (nSPS) is 19.9. The Bertz CT molecular complexity index is 489. The summed E-state index contributed by atoms with van der Waals surface area (Å²) in [5, 5.41) is 3.15. The number of nitrogens with zero attached hydrogens (tertiary/aromatic N) is 1. The molecule has 6 heteroatoms. The molecule has 1 aliphatic rings. The fourth-order valence-corrected chi connectivity index (χ4v) is 2.46. The molecule has 0 aromatic heterocycles. The van der Waals surface area contributed by atoms with Crippen molar-refractivity contribution in [3.63, 3.8) is 0 Å². The lowest BCUT2D eigenvalue weighted by Crippen LogP contribution is -2.58. The lowest BCUT2D eigenvalue weighted by Gasteiger charge is -2.41. The second-order valence-electron chi connectivity index (χ2n) is 4.80. The smallest absolute Gasteiger partial charge is 0.242 e. The largest absolute Gasteiger partial charge is 0.368 e. The van der Waals surface area contributed by atoms with Gasteiger partial charge in [-0.3, -0.25) is 9.69 Å². The molecule has 0 aliphatic carbocycles.